The summed E-state index contributed by atoms with van der Waals surface area (Å²) < 4.78 is 0. The topological polar surface area (TPSA) is 41.9 Å². The third-order valence-electron chi connectivity index (χ3n) is 4.27. The Hall–Kier alpha value is -2.11. The molecule has 4 heterocycles. The molecule has 3 aromatic heterocycles. The van der Waals surface area contributed by atoms with Crippen molar-refractivity contribution in [2.24, 2.45) is 0 Å². The van der Waals surface area contributed by atoms with Crippen molar-refractivity contribution in [3.05, 3.63) is 64.5 Å². The van der Waals surface area contributed by atoms with E-state index in [1.54, 1.807) is 12.5 Å². The molecule has 0 bridgehead atoms. The highest BCUT2D eigenvalue weighted by Gasteiger charge is 2.19. The van der Waals surface area contributed by atoms with E-state index in [4.69, 9.17) is 0 Å². The fourth-order valence-corrected chi connectivity index (χ4v) is 3.85. The standard InChI is InChI=1S/C18H18N4S/c1-3-14(11-19-7-1)18-16-5-8-22(12-15-4-2-10-23-15)9-6-17(16)20-13-21-18/h1-4,7,10-11,13H,5-6,8-9,12H2. The molecule has 4 rings (SSSR count). The van der Waals surface area contributed by atoms with E-state index in [0.717, 1.165) is 43.7 Å². The van der Waals surface area contributed by atoms with E-state index in [0.29, 0.717) is 0 Å². The number of fused-ring (bicyclic) bond motifs is 1. The molecule has 0 fully saturated rings. The van der Waals surface area contributed by atoms with E-state index < -0.39 is 0 Å². The third kappa shape index (κ3) is 3.16. The third-order valence-corrected chi connectivity index (χ3v) is 5.13. The van der Waals surface area contributed by atoms with Crippen LogP contribution < -0.4 is 0 Å². The van der Waals surface area contributed by atoms with Crippen LogP contribution in [0.15, 0.2) is 48.4 Å². The van der Waals surface area contributed by atoms with Gasteiger partial charge in [-0.15, -0.1) is 11.3 Å². The number of rotatable bonds is 3. The first-order valence-corrected chi connectivity index (χ1v) is 8.76. The molecule has 3 aromatic rings. The van der Waals surface area contributed by atoms with Crippen LogP contribution in [0.3, 0.4) is 0 Å². The van der Waals surface area contributed by atoms with Crippen molar-refractivity contribution in [3.63, 3.8) is 0 Å². The Labute approximate surface area is 139 Å². The van der Waals surface area contributed by atoms with Gasteiger partial charge >= 0.3 is 0 Å². The normalized spacial score (nSPS) is 15.1. The molecule has 0 unspecified atom stereocenters. The van der Waals surface area contributed by atoms with Gasteiger partial charge in [0.1, 0.15) is 6.33 Å². The van der Waals surface area contributed by atoms with Crippen molar-refractivity contribution < 1.29 is 0 Å². The zero-order chi connectivity index (χ0) is 15.5. The van der Waals surface area contributed by atoms with E-state index in [1.165, 1.54) is 16.1 Å². The van der Waals surface area contributed by atoms with Crippen molar-refractivity contribution in [3.8, 4) is 11.3 Å². The van der Waals surface area contributed by atoms with Gasteiger partial charge in [0, 0.05) is 60.1 Å². The maximum absolute atomic E-state index is 4.54. The van der Waals surface area contributed by atoms with Gasteiger partial charge < -0.3 is 0 Å². The van der Waals surface area contributed by atoms with Crippen LogP contribution in [0.2, 0.25) is 0 Å². The summed E-state index contributed by atoms with van der Waals surface area (Å²) in [6.45, 7) is 3.13. The lowest BCUT2D eigenvalue weighted by molar-refractivity contribution is 0.281. The fourth-order valence-electron chi connectivity index (χ4n) is 3.11. The molecule has 0 amide bonds. The van der Waals surface area contributed by atoms with Crippen LogP contribution in [0.5, 0.6) is 0 Å². The summed E-state index contributed by atoms with van der Waals surface area (Å²) in [6, 6.07) is 8.37. The van der Waals surface area contributed by atoms with Gasteiger partial charge in [-0.05, 0) is 30.0 Å². The van der Waals surface area contributed by atoms with E-state index >= 15 is 0 Å². The highest BCUT2D eigenvalue weighted by atomic mass is 32.1. The Balaban J connectivity index is 1.59. The van der Waals surface area contributed by atoms with Gasteiger partial charge in [-0.1, -0.05) is 6.07 Å². The lowest BCUT2D eigenvalue weighted by atomic mass is 10.0. The minimum Gasteiger partial charge on any atom is -0.298 e. The van der Waals surface area contributed by atoms with Crippen molar-refractivity contribution in [2.45, 2.75) is 19.4 Å². The molecule has 0 N–H and O–H groups in total. The Morgan fingerprint density at radius 2 is 2.04 bits per heavy atom. The van der Waals surface area contributed by atoms with Crippen LogP contribution in [0.1, 0.15) is 16.1 Å². The van der Waals surface area contributed by atoms with Gasteiger partial charge in [0.05, 0.1) is 5.69 Å². The van der Waals surface area contributed by atoms with Gasteiger partial charge in [0.15, 0.2) is 0 Å². The van der Waals surface area contributed by atoms with Crippen LogP contribution in [0.4, 0.5) is 0 Å². The summed E-state index contributed by atoms with van der Waals surface area (Å²) in [6.07, 6.45) is 7.35. The summed E-state index contributed by atoms with van der Waals surface area (Å²) in [4.78, 5) is 17.2. The van der Waals surface area contributed by atoms with E-state index in [2.05, 4.69) is 43.4 Å². The van der Waals surface area contributed by atoms with Crippen LogP contribution >= 0.6 is 11.3 Å². The maximum atomic E-state index is 4.54. The quantitative estimate of drug-likeness (QED) is 0.742. The molecule has 0 aromatic carbocycles. The number of thiophene rings is 1. The average Bonchev–Trinajstić information content (AvgIpc) is 3.02. The molecule has 0 saturated heterocycles. The van der Waals surface area contributed by atoms with Crippen molar-refractivity contribution >= 4 is 11.3 Å². The minimum atomic E-state index is 0.983. The smallest absolute Gasteiger partial charge is 0.116 e. The monoisotopic (exact) mass is 322 g/mol. The second-order valence-corrected chi connectivity index (χ2v) is 6.78. The summed E-state index contributed by atoms with van der Waals surface area (Å²) >= 11 is 1.83. The first-order valence-electron chi connectivity index (χ1n) is 7.88. The number of hydrogen-bond acceptors (Lipinski definition) is 5. The van der Waals surface area contributed by atoms with Gasteiger partial charge in [-0.3, -0.25) is 9.88 Å². The Kier molecular flexibility index (Phi) is 4.13. The van der Waals surface area contributed by atoms with Crippen LogP contribution in [-0.4, -0.2) is 32.9 Å². The van der Waals surface area contributed by atoms with Crippen LogP contribution in [0.25, 0.3) is 11.3 Å². The summed E-state index contributed by atoms with van der Waals surface area (Å²) in [7, 11) is 0. The first kappa shape index (κ1) is 14.5. The van der Waals surface area contributed by atoms with Gasteiger partial charge in [0.2, 0.25) is 0 Å². The molecule has 0 radical (unpaired) electrons. The van der Waals surface area contributed by atoms with Crippen molar-refractivity contribution in [1.29, 1.82) is 0 Å². The molecule has 5 heteroatoms. The van der Waals surface area contributed by atoms with Crippen molar-refractivity contribution in [2.75, 3.05) is 13.1 Å². The van der Waals surface area contributed by atoms with E-state index in [9.17, 15) is 0 Å². The lowest BCUT2D eigenvalue weighted by Gasteiger charge is -2.18. The molecule has 0 aliphatic carbocycles. The average molecular weight is 322 g/mol. The van der Waals surface area contributed by atoms with Gasteiger partial charge in [-0.2, -0.15) is 0 Å². The second-order valence-electron chi connectivity index (χ2n) is 5.74. The molecule has 4 nitrogen and oxygen atoms in total. The fraction of sp³-hybridized carbons (Fsp3) is 0.278. The second kappa shape index (κ2) is 6.56. The zero-order valence-corrected chi connectivity index (χ0v) is 13.7. The lowest BCUT2D eigenvalue weighted by Crippen LogP contribution is -2.25. The summed E-state index contributed by atoms with van der Waals surface area (Å²) in [5.74, 6) is 0. The minimum absolute atomic E-state index is 0.983. The molecule has 116 valence electrons. The number of nitrogens with zero attached hydrogens (tertiary/aromatic N) is 4. The molecule has 0 atom stereocenters. The maximum Gasteiger partial charge on any atom is 0.116 e. The molecule has 0 spiro atoms. The molecular formula is C18H18N4S. The Morgan fingerprint density at radius 1 is 1.09 bits per heavy atom. The first-order chi connectivity index (χ1) is 11.4. The molecule has 23 heavy (non-hydrogen) atoms. The SMILES string of the molecule is c1cncc(-c2ncnc3c2CCN(Cc2cccs2)CC3)c1. The number of aromatic nitrogens is 3. The molecule has 1 aliphatic heterocycles. The molecular weight excluding hydrogens is 304 g/mol. The predicted molar refractivity (Wildman–Crippen MR) is 92.3 cm³/mol. The number of pyridine rings is 1. The largest absolute Gasteiger partial charge is 0.298 e. The number of hydrogen-bond donors (Lipinski definition) is 0. The zero-order valence-electron chi connectivity index (χ0n) is 12.9. The molecule has 1 aliphatic rings. The van der Waals surface area contributed by atoms with E-state index in [-0.39, 0.29) is 0 Å². The van der Waals surface area contributed by atoms with Crippen LogP contribution in [-0.2, 0) is 19.4 Å². The van der Waals surface area contributed by atoms with Crippen LogP contribution in [0, 0.1) is 0 Å². The van der Waals surface area contributed by atoms with Gasteiger partial charge in [-0.25, -0.2) is 9.97 Å². The van der Waals surface area contributed by atoms with Gasteiger partial charge in [0.25, 0.3) is 0 Å². The summed E-state index contributed by atoms with van der Waals surface area (Å²) in [5.41, 5.74) is 4.60. The summed E-state index contributed by atoms with van der Waals surface area (Å²) in [5, 5.41) is 2.15. The highest BCUT2D eigenvalue weighted by molar-refractivity contribution is 7.09. The highest BCUT2D eigenvalue weighted by Crippen LogP contribution is 2.25. The van der Waals surface area contributed by atoms with Crippen molar-refractivity contribution in [1.82, 2.24) is 19.9 Å². The Bertz CT molecular complexity index is 771. The Morgan fingerprint density at radius 3 is 2.87 bits per heavy atom. The van der Waals surface area contributed by atoms with E-state index in [1.807, 2.05) is 23.6 Å². The predicted octanol–water partition coefficient (Wildman–Crippen LogP) is 3.20. The molecule has 0 saturated carbocycles.